The van der Waals surface area contributed by atoms with Gasteiger partial charge in [-0.2, -0.15) is 26.3 Å². The molecule has 2 N–H and O–H groups in total. The van der Waals surface area contributed by atoms with Crippen LogP contribution < -0.4 is 0 Å². The number of nitrogens with one attached hydrogen (secondary N) is 1. The fourth-order valence-electron chi connectivity index (χ4n) is 5.09. The Balaban J connectivity index is 0.00000253. The molecule has 0 bridgehead atoms. The quantitative estimate of drug-likeness (QED) is 0.218. The average Bonchev–Trinajstić information content (AvgIpc) is 3.32. The van der Waals surface area contributed by atoms with Crippen molar-refractivity contribution < 1.29 is 36.2 Å². The highest BCUT2D eigenvalue weighted by Gasteiger charge is 2.39. The third kappa shape index (κ3) is 7.67. The summed E-state index contributed by atoms with van der Waals surface area (Å²) in [4.78, 5) is 24.3. The van der Waals surface area contributed by atoms with Crippen LogP contribution in [0, 0.1) is 0 Å². The lowest BCUT2D eigenvalue weighted by Gasteiger charge is -2.42. The van der Waals surface area contributed by atoms with E-state index in [0.29, 0.717) is 36.4 Å². The van der Waals surface area contributed by atoms with Crippen molar-refractivity contribution in [3.63, 3.8) is 0 Å². The number of pyridine rings is 1. The van der Waals surface area contributed by atoms with Crippen LogP contribution in [0.5, 0.6) is 5.75 Å². The van der Waals surface area contributed by atoms with E-state index in [4.69, 9.17) is 11.6 Å². The summed E-state index contributed by atoms with van der Waals surface area (Å²) >= 11 is 5.92. The summed E-state index contributed by atoms with van der Waals surface area (Å²) in [6.45, 7) is 1.12. The van der Waals surface area contributed by atoms with Gasteiger partial charge in [-0.1, -0.05) is 17.7 Å². The van der Waals surface area contributed by atoms with Crippen LogP contribution in [-0.2, 0) is 25.3 Å². The number of hydrogen-bond acceptors (Lipinski definition) is 4. The van der Waals surface area contributed by atoms with Gasteiger partial charge >= 0.3 is 12.4 Å². The van der Waals surface area contributed by atoms with Gasteiger partial charge < -0.3 is 15.0 Å². The number of fused-ring (bicyclic) bond motifs is 1. The molecule has 3 heterocycles. The number of halogens is 9. The Hall–Kier alpha value is -3.19. The highest BCUT2D eigenvalue weighted by atomic mass is 35.5. The number of piperazine rings is 1. The summed E-state index contributed by atoms with van der Waals surface area (Å²) < 4.78 is 80.9. The number of aromatic amines is 1. The van der Waals surface area contributed by atoms with Crippen molar-refractivity contribution in [3.8, 4) is 5.75 Å². The molecule has 5 rings (SSSR count). The van der Waals surface area contributed by atoms with Crippen LogP contribution in [0.2, 0.25) is 5.02 Å². The van der Waals surface area contributed by atoms with Gasteiger partial charge in [-0.3, -0.25) is 9.69 Å². The number of rotatable bonds is 5. The largest absolute Gasteiger partial charge is 0.506 e. The Morgan fingerprint density at radius 3 is 2.30 bits per heavy atom. The molecule has 1 atom stereocenters. The molecule has 0 aliphatic carbocycles. The number of amides is 1. The predicted octanol–water partition coefficient (Wildman–Crippen LogP) is 7.37. The average molecular weight is 670 g/mol. The van der Waals surface area contributed by atoms with Crippen molar-refractivity contribution in [2.45, 2.75) is 31.4 Å². The number of carbonyl (C=O) groups excluding carboxylic acids is 1. The molecule has 1 amide bonds. The zero-order valence-electron chi connectivity index (χ0n) is 22.0. The second-order valence-corrected chi connectivity index (χ2v) is 10.3. The molecule has 232 valence electrons. The first-order chi connectivity index (χ1) is 19.3. The van der Waals surface area contributed by atoms with Gasteiger partial charge in [0.1, 0.15) is 11.4 Å². The Morgan fingerprint density at radius 1 is 1.00 bits per heavy atom. The lowest BCUT2D eigenvalue weighted by atomic mass is 9.98. The highest BCUT2D eigenvalue weighted by molar-refractivity contribution is 6.32. The molecule has 0 unspecified atom stereocenters. The Bertz CT molecular complexity index is 1560. The van der Waals surface area contributed by atoms with E-state index in [1.165, 1.54) is 17.0 Å². The number of aromatic nitrogens is 2. The number of phenolic OH excluding ortho intramolecular Hbond substituents is 1. The van der Waals surface area contributed by atoms with Gasteiger partial charge in [0.05, 0.1) is 16.1 Å². The number of hydrogen-bond donors (Lipinski definition) is 2. The molecule has 0 spiro atoms. The summed E-state index contributed by atoms with van der Waals surface area (Å²) in [5, 5.41) is 11.1. The van der Waals surface area contributed by atoms with Crippen molar-refractivity contribution in [1.82, 2.24) is 19.8 Å². The lowest BCUT2D eigenvalue weighted by Crippen LogP contribution is -2.55. The van der Waals surface area contributed by atoms with Gasteiger partial charge in [-0.15, -0.1) is 24.8 Å². The second kappa shape index (κ2) is 13.2. The molecule has 2 aromatic heterocycles. The molecule has 1 fully saturated rings. The number of alkyl halides is 6. The topological polar surface area (TPSA) is 72.5 Å². The van der Waals surface area contributed by atoms with Crippen molar-refractivity contribution in [2.24, 2.45) is 0 Å². The minimum atomic E-state index is -5.08. The van der Waals surface area contributed by atoms with Crippen molar-refractivity contribution in [1.29, 1.82) is 0 Å². The molecule has 15 heteroatoms. The van der Waals surface area contributed by atoms with E-state index < -0.39 is 41.0 Å². The van der Waals surface area contributed by atoms with Gasteiger partial charge in [-0.05, 0) is 60.0 Å². The third-order valence-corrected chi connectivity index (χ3v) is 7.39. The van der Waals surface area contributed by atoms with E-state index in [0.717, 1.165) is 10.9 Å². The van der Waals surface area contributed by atoms with Gasteiger partial charge in [0.15, 0.2) is 0 Å². The summed E-state index contributed by atoms with van der Waals surface area (Å²) in [7, 11) is 0. The first-order valence-corrected chi connectivity index (χ1v) is 12.9. The van der Waals surface area contributed by atoms with Gasteiger partial charge in [0, 0.05) is 55.6 Å². The highest BCUT2D eigenvalue weighted by Crippen LogP contribution is 2.37. The first kappa shape index (κ1) is 34.3. The summed E-state index contributed by atoms with van der Waals surface area (Å²) in [6, 6.07) is 8.51. The minimum Gasteiger partial charge on any atom is -0.506 e. The molecular formula is C28H25Cl3F6N4O2. The standard InChI is InChI=1S/C28H23ClF6N4O2.2ClH/c29-23-4-3-16(9-24(23)40)8-21-15-38(14-18-13-37-25-22(18)2-1-5-36-25)6-7-39(21)26(41)17-10-19(27(30,31)32)12-20(11-17)28(33,34)35;;/h1-5,9-13,21,40H,6-8,14-15H2,(H,36,37);2*1H/t21-;;/m1../s1. The van der Waals surface area contributed by atoms with Crippen molar-refractivity contribution in [2.75, 3.05) is 19.6 Å². The maximum absolute atomic E-state index is 13.6. The molecule has 4 aromatic rings. The van der Waals surface area contributed by atoms with Crippen LogP contribution in [0.4, 0.5) is 26.3 Å². The van der Waals surface area contributed by atoms with E-state index in [2.05, 4.69) is 9.97 Å². The number of phenols is 1. The minimum absolute atomic E-state index is 0. The molecule has 0 saturated carbocycles. The zero-order chi connectivity index (χ0) is 29.5. The van der Waals surface area contributed by atoms with Crippen LogP contribution in [0.25, 0.3) is 11.0 Å². The van der Waals surface area contributed by atoms with E-state index >= 15 is 0 Å². The van der Waals surface area contributed by atoms with Gasteiger partial charge in [0.2, 0.25) is 0 Å². The zero-order valence-corrected chi connectivity index (χ0v) is 24.4. The first-order valence-electron chi connectivity index (χ1n) is 12.5. The van der Waals surface area contributed by atoms with Crippen molar-refractivity contribution in [3.05, 3.63) is 93.8 Å². The van der Waals surface area contributed by atoms with Crippen LogP contribution in [0.3, 0.4) is 0 Å². The maximum atomic E-state index is 13.6. The van der Waals surface area contributed by atoms with E-state index in [9.17, 15) is 36.2 Å². The van der Waals surface area contributed by atoms with Gasteiger partial charge in [0.25, 0.3) is 5.91 Å². The van der Waals surface area contributed by atoms with E-state index in [1.807, 2.05) is 17.2 Å². The monoisotopic (exact) mass is 668 g/mol. The van der Waals surface area contributed by atoms with E-state index in [1.54, 1.807) is 18.3 Å². The molecule has 6 nitrogen and oxygen atoms in total. The van der Waals surface area contributed by atoms with Crippen molar-refractivity contribution >= 4 is 53.4 Å². The summed E-state index contributed by atoms with van der Waals surface area (Å²) in [6.07, 6.45) is -6.51. The molecule has 1 aliphatic heterocycles. The molecule has 2 aromatic carbocycles. The Morgan fingerprint density at radius 2 is 1.67 bits per heavy atom. The van der Waals surface area contributed by atoms with Crippen LogP contribution in [-0.4, -0.2) is 56.5 Å². The van der Waals surface area contributed by atoms with Crippen LogP contribution in [0.1, 0.15) is 32.6 Å². The van der Waals surface area contributed by atoms with Gasteiger partial charge in [-0.25, -0.2) is 4.98 Å². The molecule has 0 radical (unpaired) electrons. The Labute approximate surface area is 259 Å². The number of benzene rings is 2. The second-order valence-electron chi connectivity index (χ2n) is 9.89. The smallest absolute Gasteiger partial charge is 0.416 e. The molecule has 43 heavy (non-hydrogen) atoms. The molecular weight excluding hydrogens is 645 g/mol. The Kier molecular flexibility index (Phi) is 10.5. The number of nitrogens with zero attached hydrogens (tertiary/aromatic N) is 3. The fraction of sp³-hybridized carbons (Fsp3) is 0.286. The summed E-state index contributed by atoms with van der Waals surface area (Å²) in [5.41, 5.74) is -1.57. The van der Waals surface area contributed by atoms with Crippen LogP contribution >= 0.6 is 36.4 Å². The van der Waals surface area contributed by atoms with Crippen LogP contribution in [0.15, 0.2) is 60.9 Å². The normalized spacial score (nSPS) is 16.1. The van der Waals surface area contributed by atoms with E-state index in [-0.39, 0.29) is 61.2 Å². The number of carbonyl (C=O) groups is 1. The summed E-state index contributed by atoms with van der Waals surface area (Å²) in [5.74, 6) is -1.13. The lowest BCUT2D eigenvalue weighted by molar-refractivity contribution is -0.143. The molecule has 1 saturated heterocycles. The predicted molar refractivity (Wildman–Crippen MR) is 154 cm³/mol. The number of H-pyrrole nitrogens is 1. The number of aromatic hydroxyl groups is 1. The molecule has 1 aliphatic rings. The maximum Gasteiger partial charge on any atom is 0.416 e. The SMILES string of the molecule is Cl.Cl.O=C(c1cc(C(F)(F)F)cc(C(F)(F)F)c1)N1CCN(Cc2c[nH]c3ncccc23)C[C@H]1Cc1ccc(Cl)c(O)c1. The fourth-order valence-corrected chi connectivity index (χ4v) is 5.21. The third-order valence-electron chi connectivity index (χ3n) is 7.07.